The van der Waals surface area contributed by atoms with E-state index in [1.54, 1.807) is 11.3 Å². The Bertz CT molecular complexity index is 555. The summed E-state index contributed by atoms with van der Waals surface area (Å²) in [7, 11) is 2.07. The summed E-state index contributed by atoms with van der Waals surface area (Å²) in [6.45, 7) is 3.16. The zero-order chi connectivity index (χ0) is 13.2. The second-order valence-electron chi connectivity index (χ2n) is 5.32. The number of nitrogens with zero attached hydrogens (tertiary/aromatic N) is 2. The van der Waals surface area contributed by atoms with Crippen molar-refractivity contribution in [2.45, 2.75) is 45.2 Å². The molecule has 1 N–H and O–H groups in total. The van der Waals surface area contributed by atoms with Crippen LogP contribution < -0.4 is 5.32 Å². The van der Waals surface area contributed by atoms with E-state index in [9.17, 15) is 0 Å². The lowest BCUT2D eigenvalue weighted by atomic mass is 9.91. The first kappa shape index (κ1) is 12.9. The van der Waals surface area contributed by atoms with E-state index in [2.05, 4.69) is 41.2 Å². The van der Waals surface area contributed by atoms with E-state index in [-0.39, 0.29) is 0 Å². The Morgan fingerprint density at radius 1 is 1.47 bits per heavy atom. The van der Waals surface area contributed by atoms with Crippen molar-refractivity contribution in [3.05, 3.63) is 39.6 Å². The summed E-state index contributed by atoms with van der Waals surface area (Å²) in [6.07, 6.45) is 9.58. The van der Waals surface area contributed by atoms with E-state index >= 15 is 0 Å². The van der Waals surface area contributed by atoms with E-state index in [0.29, 0.717) is 6.04 Å². The summed E-state index contributed by atoms with van der Waals surface area (Å²) in [4.78, 5) is 5.73. The average molecular weight is 275 g/mol. The molecule has 2 aromatic heterocycles. The number of aromatic nitrogens is 2. The number of fused-ring (bicyclic) bond motifs is 1. The van der Waals surface area contributed by atoms with Crippen LogP contribution in [0, 0.1) is 6.92 Å². The standard InChI is InChI=1S/C15H21N3S/c1-11-15(19-10-17-11)6-7-18-8-12-4-3-5-14(16-2)13(12)9-18/h8-10,14,16H,3-7H2,1-2H3. The molecule has 1 unspecified atom stereocenters. The molecule has 0 saturated carbocycles. The molecule has 0 fully saturated rings. The van der Waals surface area contributed by atoms with Crippen LogP contribution in [-0.4, -0.2) is 16.6 Å². The summed E-state index contributed by atoms with van der Waals surface area (Å²) < 4.78 is 2.36. The highest BCUT2D eigenvalue weighted by Gasteiger charge is 2.20. The zero-order valence-corrected chi connectivity index (χ0v) is 12.5. The van der Waals surface area contributed by atoms with Crippen molar-refractivity contribution >= 4 is 11.3 Å². The molecule has 0 spiro atoms. The third kappa shape index (κ3) is 2.60. The van der Waals surface area contributed by atoms with Crippen molar-refractivity contribution in [3.63, 3.8) is 0 Å². The maximum Gasteiger partial charge on any atom is 0.0797 e. The van der Waals surface area contributed by atoms with Gasteiger partial charge in [-0.25, -0.2) is 4.98 Å². The molecule has 0 aromatic carbocycles. The molecule has 0 radical (unpaired) electrons. The van der Waals surface area contributed by atoms with Crippen molar-refractivity contribution in [3.8, 4) is 0 Å². The minimum Gasteiger partial charge on any atom is -0.353 e. The largest absolute Gasteiger partial charge is 0.353 e. The monoisotopic (exact) mass is 275 g/mol. The van der Waals surface area contributed by atoms with Gasteiger partial charge in [-0.15, -0.1) is 11.3 Å². The van der Waals surface area contributed by atoms with Crippen LogP contribution in [-0.2, 0) is 19.4 Å². The second kappa shape index (κ2) is 5.47. The van der Waals surface area contributed by atoms with Gasteiger partial charge in [-0.1, -0.05) is 0 Å². The fourth-order valence-corrected chi connectivity index (χ4v) is 3.74. The molecule has 102 valence electrons. The highest BCUT2D eigenvalue weighted by atomic mass is 32.1. The SMILES string of the molecule is CNC1CCCc2cn(CCc3scnc3C)cc21. The van der Waals surface area contributed by atoms with Crippen LogP contribution in [0.1, 0.15) is 40.6 Å². The fraction of sp³-hybridized carbons (Fsp3) is 0.533. The number of rotatable bonds is 4. The van der Waals surface area contributed by atoms with Gasteiger partial charge in [0.25, 0.3) is 0 Å². The Morgan fingerprint density at radius 3 is 3.11 bits per heavy atom. The smallest absolute Gasteiger partial charge is 0.0797 e. The molecule has 1 aliphatic rings. The Morgan fingerprint density at radius 2 is 2.37 bits per heavy atom. The average Bonchev–Trinajstić information content (AvgIpc) is 3.01. The highest BCUT2D eigenvalue weighted by Crippen LogP contribution is 2.30. The van der Waals surface area contributed by atoms with E-state index in [1.165, 1.54) is 41.0 Å². The molecule has 19 heavy (non-hydrogen) atoms. The molecule has 1 aliphatic carbocycles. The maximum absolute atomic E-state index is 4.32. The van der Waals surface area contributed by atoms with E-state index in [4.69, 9.17) is 0 Å². The molecule has 3 nitrogen and oxygen atoms in total. The van der Waals surface area contributed by atoms with Crippen molar-refractivity contribution in [1.29, 1.82) is 0 Å². The third-order valence-electron chi connectivity index (χ3n) is 4.10. The van der Waals surface area contributed by atoms with Crippen LogP contribution in [0.25, 0.3) is 0 Å². The van der Waals surface area contributed by atoms with Crippen molar-refractivity contribution < 1.29 is 0 Å². The molecule has 2 heterocycles. The first-order chi connectivity index (χ1) is 9.28. The van der Waals surface area contributed by atoms with Crippen LogP contribution in [0.5, 0.6) is 0 Å². The Hall–Kier alpha value is -1.13. The normalized spacial score (nSPS) is 18.5. The Balaban J connectivity index is 1.72. The lowest BCUT2D eigenvalue weighted by Crippen LogP contribution is -2.20. The van der Waals surface area contributed by atoms with Crippen LogP contribution in [0.15, 0.2) is 17.9 Å². The summed E-state index contributed by atoms with van der Waals surface area (Å²) in [6, 6.07) is 0.551. The molecule has 0 amide bonds. The maximum atomic E-state index is 4.32. The summed E-state index contributed by atoms with van der Waals surface area (Å²) in [5, 5.41) is 3.43. The molecule has 3 rings (SSSR count). The van der Waals surface area contributed by atoms with Crippen molar-refractivity contribution in [2.24, 2.45) is 0 Å². The van der Waals surface area contributed by atoms with Crippen molar-refractivity contribution in [2.75, 3.05) is 7.05 Å². The van der Waals surface area contributed by atoms with Gasteiger partial charge in [-0.3, -0.25) is 0 Å². The Kier molecular flexibility index (Phi) is 3.71. The topological polar surface area (TPSA) is 29.9 Å². The fourth-order valence-electron chi connectivity index (χ4n) is 2.97. The first-order valence-electron chi connectivity index (χ1n) is 7.02. The molecule has 2 aromatic rings. The van der Waals surface area contributed by atoms with Gasteiger partial charge >= 0.3 is 0 Å². The van der Waals surface area contributed by atoms with Gasteiger partial charge in [0.1, 0.15) is 0 Å². The van der Waals surface area contributed by atoms with Gasteiger partial charge in [0.05, 0.1) is 11.2 Å². The predicted molar refractivity (Wildman–Crippen MR) is 79.7 cm³/mol. The van der Waals surface area contributed by atoms with Gasteiger partial charge in [0.2, 0.25) is 0 Å². The van der Waals surface area contributed by atoms with Gasteiger partial charge < -0.3 is 9.88 Å². The summed E-state index contributed by atoms with van der Waals surface area (Å²) >= 11 is 1.77. The quantitative estimate of drug-likeness (QED) is 0.929. The Labute approximate surface area is 118 Å². The molecular formula is C15H21N3S. The molecule has 0 saturated heterocycles. The number of hydrogen-bond acceptors (Lipinski definition) is 3. The molecule has 0 aliphatic heterocycles. The third-order valence-corrected chi connectivity index (χ3v) is 5.10. The highest BCUT2D eigenvalue weighted by molar-refractivity contribution is 7.09. The second-order valence-corrected chi connectivity index (χ2v) is 6.26. The van der Waals surface area contributed by atoms with Crippen molar-refractivity contribution in [1.82, 2.24) is 14.9 Å². The lowest BCUT2D eigenvalue weighted by Gasteiger charge is -2.21. The molecule has 1 atom stereocenters. The minimum atomic E-state index is 0.551. The van der Waals surface area contributed by atoms with E-state index in [0.717, 1.165) is 13.0 Å². The molecular weight excluding hydrogens is 254 g/mol. The van der Waals surface area contributed by atoms with Gasteiger partial charge in [-0.05, 0) is 44.4 Å². The summed E-state index contributed by atoms with van der Waals surface area (Å²) in [5.41, 5.74) is 6.18. The van der Waals surface area contributed by atoms with Gasteiger partial charge in [-0.2, -0.15) is 0 Å². The molecule has 4 heteroatoms. The predicted octanol–water partition coefficient (Wildman–Crippen LogP) is 3.09. The van der Waals surface area contributed by atoms with E-state index in [1.807, 2.05) is 5.51 Å². The van der Waals surface area contributed by atoms with Crippen LogP contribution in [0.3, 0.4) is 0 Å². The lowest BCUT2D eigenvalue weighted by molar-refractivity contribution is 0.498. The van der Waals surface area contributed by atoms with Gasteiger partial charge in [0, 0.05) is 36.3 Å². The number of hydrogen-bond donors (Lipinski definition) is 1. The zero-order valence-electron chi connectivity index (χ0n) is 11.6. The van der Waals surface area contributed by atoms with Gasteiger partial charge in [0.15, 0.2) is 0 Å². The summed E-state index contributed by atoms with van der Waals surface area (Å²) in [5.74, 6) is 0. The molecule has 0 bridgehead atoms. The number of thiazole rings is 1. The minimum absolute atomic E-state index is 0.551. The van der Waals surface area contributed by atoms with Crippen LogP contribution >= 0.6 is 11.3 Å². The number of aryl methyl sites for hydroxylation is 4. The van der Waals surface area contributed by atoms with Crippen LogP contribution in [0.2, 0.25) is 0 Å². The van der Waals surface area contributed by atoms with Crippen LogP contribution in [0.4, 0.5) is 0 Å². The number of nitrogens with one attached hydrogen (secondary N) is 1. The first-order valence-corrected chi connectivity index (χ1v) is 7.90. The van der Waals surface area contributed by atoms with E-state index < -0.39 is 0 Å².